The highest BCUT2D eigenvalue weighted by molar-refractivity contribution is 6.19. The number of aromatic hydroxyl groups is 1. The highest BCUT2D eigenvalue weighted by Gasteiger charge is 2.56. The number of hydrogen-bond donors (Lipinski definition) is 1. The van der Waals surface area contributed by atoms with Gasteiger partial charge in [0.1, 0.15) is 5.41 Å². The summed E-state index contributed by atoms with van der Waals surface area (Å²) in [6.07, 6.45) is 0.998. The lowest BCUT2D eigenvalue weighted by molar-refractivity contribution is -0.159. The van der Waals surface area contributed by atoms with E-state index in [2.05, 4.69) is 4.90 Å². The Bertz CT molecular complexity index is 1300. The smallest absolute Gasteiger partial charge is 0.332 e. The normalized spacial score (nSPS) is 23.3. The standard InChI is InChI=1S/C27H32N4O6/c1-4-37-22-11-17(8-9-21(22)32)12-27(24(34)28(2)26(36)29(3)25(27)35)16-30-13-18-10-19(15-30)20-6-5-7-23(33)31(20)14-18/h5-9,11,18-19,32H,4,10,12-16H2,1-3H3. The van der Waals surface area contributed by atoms with Gasteiger partial charge in [0.15, 0.2) is 11.5 Å². The van der Waals surface area contributed by atoms with Gasteiger partial charge in [-0.15, -0.1) is 0 Å². The molecule has 0 saturated carbocycles. The van der Waals surface area contributed by atoms with Crippen LogP contribution >= 0.6 is 0 Å². The van der Waals surface area contributed by atoms with E-state index < -0.39 is 23.3 Å². The molecule has 1 N–H and O–H groups in total. The Morgan fingerprint density at radius 1 is 1.00 bits per heavy atom. The largest absolute Gasteiger partial charge is 0.504 e. The molecular weight excluding hydrogens is 476 g/mol. The van der Waals surface area contributed by atoms with Gasteiger partial charge in [-0.1, -0.05) is 12.1 Å². The van der Waals surface area contributed by atoms with Gasteiger partial charge in [0.2, 0.25) is 11.8 Å². The van der Waals surface area contributed by atoms with Gasteiger partial charge in [-0.3, -0.25) is 24.2 Å². The fourth-order valence-corrected chi connectivity index (χ4v) is 6.27. The molecule has 4 amide bonds. The maximum absolute atomic E-state index is 13.8. The number of hydrogen-bond acceptors (Lipinski definition) is 7. The summed E-state index contributed by atoms with van der Waals surface area (Å²) in [4.78, 5) is 56.7. The topological polar surface area (TPSA) is 112 Å². The maximum Gasteiger partial charge on any atom is 0.332 e. The van der Waals surface area contributed by atoms with Gasteiger partial charge >= 0.3 is 6.03 Å². The number of pyridine rings is 1. The van der Waals surface area contributed by atoms with Crippen LogP contribution in [0.1, 0.15) is 30.5 Å². The highest BCUT2D eigenvalue weighted by atomic mass is 16.5. The van der Waals surface area contributed by atoms with Crippen LogP contribution in [-0.4, -0.2) is 82.6 Å². The van der Waals surface area contributed by atoms with Crippen LogP contribution in [0.2, 0.25) is 0 Å². The second-order valence-corrected chi connectivity index (χ2v) is 10.4. The van der Waals surface area contributed by atoms with E-state index in [1.165, 1.54) is 20.2 Å². The lowest BCUT2D eigenvalue weighted by Crippen LogP contribution is -2.67. The number of amides is 4. The fourth-order valence-electron chi connectivity index (χ4n) is 6.27. The number of fused-ring (bicyclic) bond motifs is 4. The molecule has 10 nitrogen and oxygen atoms in total. The van der Waals surface area contributed by atoms with Crippen LogP contribution in [0, 0.1) is 11.3 Å². The predicted molar refractivity (Wildman–Crippen MR) is 134 cm³/mol. The second kappa shape index (κ2) is 9.33. The van der Waals surface area contributed by atoms with Gasteiger partial charge in [-0.25, -0.2) is 4.79 Å². The minimum Gasteiger partial charge on any atom is -0.504 e. The van der Waals surface area contributed by atoms with E-state index in [-0.39, 0.29) is 41.9 Å². The Morgan fingerprint density at radius 3 is 2.43 bits per heavy atom. The molecule has 2 atom stereocenters. The highest BCUT2D eigenvalue weighted by Crippen LogP contribution is 2.40. The number of piperidine rings is 1. The van der Waals surface area contributed by atoms with Gasteiger partial charge in [-0.2, -0.15) is 0 Å². The van der Waals surface area contributed by atoms with Crippen LogP contribution in [0.5, 0.6) is 11.5 Å². The van der Waals surface area contributed by atoms with E-state index >= 15 is 0 Å². The molecule has 1 aromatic heterocycles. The zero-order chi connectivity index (χ0) is 26.5. The van der Waals surface area contributed by atoms with E-state index in [0.717, 1.165) is 21.9 Å². The molecule has 2 fully saturated rings. The van der Waals surface area contributed by atoms with Crippen LogP contribution in [0.3, 0.4) is 0 Å². The third kappa shape index (κ3) is 4.19. The molecule has 2 bridgehead atoms. The van der Waals surface area contributed by atoms with E-state index in [4.69, 9.17) is 4.74 Å². The molecular formula is C27H32N4O6. The summed E-state index contributed by atoms with van der Waals surface area (Å²) in [7, 11) is 2.80. The SMILES string of the molecule is CCOc1cc(CC2(CN3CC4CC(C3)c3cccc(=O)n3C4)C(=O)N(C)C(=O)N(C)C2=O)ccc1O. The van der Waals surface area contributed by atoms with Gasteiger partial charge in [0.05, 0.1) is 6.61 Å². The number of benzene rings is 1. The number of nitrogens with zero attached hydrogens (tertiary/aromatic N) is 4. The minimum absolute atomic E-state index is 0.00560. The lowest BCUT2D eigenvalue weighted by atomic mass is 9.75. The lowest BCUT2D eigenvalue weighted by Gasteiger charge is -2.48. The molecule has 10 heteroatoms. The number of rotatable bonds is 6. The van der Waals surface area contributed by atoms with Gasteiger partial charge in [0, 0.05) is 58.0 Å². The molecule has 0 radical (unpaired) electrons. The molecule has 4 heterocycles. The number of carbonyl (C=O) groups is 3. The van der Waals surface area contributed by atoms with Crippen molar-refractivity contribution in [2.75, 3.05) is 40.3 Å². The Morgan fingerprint density at radius 2 is 1.73 bits per heavy atom. The number of carbonyl (C=O) groups excluding carboxylic acids is 3. The van der Waals surface area contributed by atoms with Crippen molar-refractivity contribution in [1.29, 1.82) is 0 Å². The molecule has 2 saturated heterocycles. The first-order chi connectivity index (χ1) is 17.6. The van der Waals surface area contributed by atoms with Crippen LogP contribution in [0.15, 0.2) is 41.2 Å². The maximum atomic E-state index is 13.8. The van der Waals surface area contributed by atoms with Gasteiger partial charge in [-0.05, 0) is 49.4 Å². The van der Waals surface area contributed by atoms with E-state index in [1.54, 1.807) is 31.2 Å². The van der Waals surface area contributed by atoms with E-state index in [0.29, 0.717) is 31.8 Å². The number of likely N-dealkylation sites (tertiary alicyclic amines) is 1. The molecule has 2 unspecified atom stereocenters. The average Bonchev–Trinajstić information content (AvgIpc) is 2.88. The summed E-state index contributed by atoms with van der Waals surface area (Å²) in [6.45, 7) is 4.13. The number of ether oxygens (including phenoxy) is 1. The zero-order valence-corrected chi connectivity index (χ0v) is 21.3. The number of barbiturate groups is 1. The molecule has 5 rings (SSSR count). The summed E-state index contributed by atoms with van der Waals surface area (Å²) in [5.41, 5.74) is 0.0927. The first-order valence-electron chi connectivity index (χ1n) is 12.6. The van der Waals surface area contributed by atoms with Gasteiger partial charge in [0.25, 0.3) is 5.56 Å². The second-order valence-electron chi connectivity index (χ2n) is 10.4. The Balaban J connectivity index is 1.51. The van der Waals surface area contributed by atoms with E-state index in [1.807, 2.05) is 10.6 Å². The number of urea groups is 1. The molecule has 2 aromatic rings. The van der Waals surface area contributed by atoms with Crippen molar-refractivity contribution < 1.29 is 24.2 Å². The van der Waals surface area contributed by atoms with Crippen LogP contribution in [0.25, 0.3) is 0 Å². The van der Waals surface area contributed by atoms with Crippen molar-refractivity contribution in [1.82, 2.24) is 19.3 Å². The minimum atomic E-state index is -1.53. The van der Waals surface area contributed by atoms with E-state index in [9.17, 15) is 24.3 Å². The van der Waals surface area contributed by atoms with Gasteiger partial charge < -0.3 is 19.3 Å². The molecule has 3 aliphatic rings. The summed E-state index contributed by atoms with van der Waals surface area (Å²) in [5, 5.41) is 10.2. The molecule has 0 aliphatic carbocycles. The van der Waals surface area contributed by atoms with Crippen molar-refractivity contribution in [3.8, 4) is 11.5 Å². The quantitative estimate of drug-likeness (QED) is 0.591. The zero-order valence-electron chi connectivity index (χ0n) is 21.3. The number of aromatic nitrogens is 1. The first kappa shape index (κ1) is 25.0. The number of phenolic OH excluding ortho intramolecular Hbond substituents is 1. The molecule has 37 heavy (non-hydrogen) atoms. The monoisotopic (exact) mass is 508 g/mol. The average molecular weight is 509 g/mol. The molecule has 196 valence electrons. The van der Waals surface area contributed by atoms with Crippen molar-refractivity contribution in [2.24, 2.45) is 11.3 Å². The first-order valence-corrected chi connectivity index (χ1v) is 12.6. The molecule has 1 aromatic carbocycles. The number of phenols is 1. The molecule has 3 aliphatic heterocycles. The third-order valence-electron chi connectivity index (χ3n) is 7.88. The van der Waals surface area contributed by atoms with Crippen LogP contribution in [0.4, 0.5) is 4.79 Å². The summed E-state index contributed by atoms with van der Waals surface area (Å²) < 4.78 is 7.36. The summed E-state index contributed by atoms with van der Waals surface area (Å²) in [5.74, 6) is -0.505. The van der Waals surface area contributed by atoms with Crippen molar-refractivity contribution in [3.63, 3.8) is 0 Å². The fraction of sp³-hybridized carbons (Fsp3) is 0.481. The Hall–Kier alpha value is -3.66. The Kier molecular flexibility index (Phi) is 6.31. The Labute approximate surface area is 215 Å². The third-order valence-corrected chi connectivity index (χ3v) is 7.88. The predicted octanol–water partition coefficient (Wildman–Crippen LogP) is 1.65. The summed E-state index contributed by atoms with van der Waals surface area (Å²) in [6, 6.07) is 9.48. The van der Waals surface area contributed by atoms with Crippen molar-refractivity contribution in [2.45, 2.75) is 32.2 Å². The van der Waals surface area contributed by atoms with Crippen LogP contribution < -0.4 is 10.3 Å². The van der Waals surface area contributed by atoms with Crippen molar-refractivity contribution >= 4 is 17.8 Å². The van der Waals surface area contributed by atoms with Crippen LogP contribution in [-0.2, 0) is 22.6 Å². The van der Waals surface area contributed by atoms with Crippen molar-refractivity contribution in [3.05, 3.63) is 58.0 Å². The number of imide groups is 2. The molecule has 0 spiro atoms. The summed E-state index contributed by atoms with van der Waals surface area (Å²) >= 11 is 0.